The molecule has 32 heavy (non-hydrogen) atoms. The smallest absolute Gasteiger partial charge is 0.379 e. The number of hydrogen-bond donors (Lipinski definition) is 2. The molecule has 2 aromatic carbocycles. The van der Waals surface area contributed by atoms with Crippen molar-refractivity contribution in [3.63, 3.8) is 0 Å². The molecule has 0 fully saturated rings. The number of hydrogen-bond acceptors (Lipinski definition) is 7. The molecule has 0 saturated carbocycles. The number of esters is 1. The lowest BCUT2D eigenvalue weighted by Crippen LogP contribution is -2.18. The predicted molar refractivity (Wildman–Crippen MR) is 116 cm³/mol. The molecule has 2 heterocycles. The van der Waals surface area contributed by atoms with Crippen LogP contribution >= 0.6 is 0 Å². The number of benzene rings is 2. The van der Waals surface area contributed by atoms with Gasteiger partial charge in [-0.25, -0.2) is 10.2 Å². The van der Waals surface area contributed by atoms with Crippen molar-refractivity contribution in [3.8, 4) is 22.8 Å². The highest BCUT2D eigenvalue weighted by Gasteiger charge is 2.15. The first-order valence-electron chi connectivity index (χ1n) is 9.52. The van der Waals surface area contributed by atoms with Crippen LogP contribution in [-0.4, -0.2) is 35.4 Å². The van der Waals surface area contributed by atoms with Gasteiger partial charge in [0.2, 0.25) is 5.76 Å². The number of methoxy groups -OCH3 is 1. The van der Waals surface area contributed by atoms with Gasteiger partial charge in [-0.3, -0.25) is 9.89 Å². The van der Waals surface area contributed by atoms with E-state index in [2.05, 4.69) is 20.7 Å². The van der Waals surface area contributed by atoms with E-state index in [0.717, 1.165) is 5.56 Å². The molecule has 0 saturated heterocycles. The molecule has 2 N–H and O–H groups in total. The lowest BCUT2D eigenvalue weighted by atomic mass is 10.1. The Morgan fingerprint density at radius 2 is 1.91 bits per heavy atom. The van der Waals surface area contributed by atoms with Crippen molar-refractivity contribution >= 4 is 18.1 Å². The second-order valence-electron chi connectivity index (χ2n) is 6.51. The summed E-state index contributed by atoms with van der Waals surface area (Å²) in [6, 6.07) is 19.1. The Balaban J connectivity index is 1.39. The number of aromatic amines is 1. The van der Waals surface area contributed by atoms with Gasteiger partial charge < -0.3 is 13.9 Å². The highest BCUT2D eigenvalue weighted by molar-refractivity contribution is 5.94. The van der Waals surface area contributed by atoms with Crippen LogP contribution in [-0.2, 0) is 0 Å². The van der Waals surface area contributed by atoms with Gasteiger partial charge in [-0.1, -0.05) is 30.3 Å². The number of H-pyrrole nitrogens is 1. The molecule has 0 atom stereocenters. The van der Waals surface area contributed by atoms with Crippen LogP contribution in [0.15, 0.2) is 82.5 Å². The number of nitrogens with one attached hydrogen (secondary N) is 2. The molecular formula is C23H18N4O5. The number of nitrogens with zero attached hydrogens (tertiary/aromatic N) is 2. The predicted octanol–water partition coefficient (Wildman–Crippen LogP) is 3.66. The summed E-state index contributed by atoms with van der Waals surface area (Å²) in [7, 11) is 1.45. The van der Waals surface area contributed by atoms with Crippen molar-refractivity contribution in [2.75, 3.05) is 7.11 Å². The molecule has 4 rings (SSSR count). The van der Waals surface area contributed by atoms with Crippen LogP contribution in [0.1, 0.15) is 26.6 Å². The Bertz CT molecular complexity index is 1250. The maximum absolute atomic E-state index is 12.3. The van der Waals surface area contributed by atoms with Crippen LogP contribution in [0.2, 0.25) is 0 Å². The van der Waals surface area contributed by atoms with Crippen molar-refractivity contribution < 1.29 is 23.5 Å². The van der Waals surface area contributed by atoms with E-state index in [1.807, 2.05) is 30.3 Å². The van der Waals surface area contributed by atoms with Crippen molar-refractivity contribution in [1.82, 2.24) is 15.6 Å². The molecule has 0 spiro atoms. The van der Waals surface area contributed by atoms with E-state index in [9.17, 15) is 9.59 Å². The monoisotopic (exact) mass is 430 g/mol. The largest absolute Gasteiger partial charge is 0.493 e. The number of ether oxygens (including phenoxy) is 2. The number of carbonyl (C=O) groups is 2. The first-order valence-corrected chi connectivity index (χ1v) is 9.52. The van der Waals surface area contributed by atoms with E-state index in [1.165, 1.54) is 25.7 Å². The molecule has 0 radical (unpaired) electrons. The summed E-state index contributed by atoms with van der Waals surface area (Å²) in [6.45, 7) is 0. The first-order chi connectivity index (χ1) is 15.6. The molecule has 0 bridgehead atoms. The topological polar surface area (TPSA) is 119 Å². The average molecular weight is 430 g/mol. The number of aromatic nitrogens is 2. The quantitative estimate of drug-likeness (QED) is 0.200. The van der Waals surface area contributed by atoms with Gasteiger partial charge in [0, 0.05) is 5.56 Å². The van der Waals surface area contributed by atoms with E-state index in [0.29, 0.717) is 17.0 Å². The minimum Gasteiger partial charge on any atom is -0.493 e. The van der Waals surface area contributed by atoms with Gasteiger partial charge in [0.15, 0.2) is 11.5 Å². The molecule has 4 aromatic rings. The lowest BCUT2D eigenvalue weighted by Gasteiger charge is -2.08. The van der Waals surface area contributed by atoms with Crippen LogP contribution in [0.5, 0.6) is 11.5 Å². The van der Waals surface area contributed by atoms with Gasteiger partial charge in [-0.15, -0.1) is 0 Å². The van der Waals surface area contributed by atoms with Crippen molar-refractivity contribution in [2.45, 2.75) is 0 Å². The molecule has 0 aliphatic heterocycles. The van der Waals surface area contributed by atoms with E-state index < -0.39 is 11.9 Å². The third-order valence-electron chi connectivity index (χ3n) is 4.38. The first kappa shape index (κ1) is 20.6. The Kier molecular flexibility index (Phi) is 6.08. The molecular weight excluding hydrogens is 412 g/mol. The normalized spacial score (nSPS) is 10.8. The van der Waals surface area contributed by atoms with Crippen molar-refractivity contribution in [1.29, 1.82) is 0 Å². The summed E-state index contributed by atoms with van der Waals surface area (Å²) in [4.78, 5) is 24.4. The summed E-state index contributed by atoms with van der Waals surface area (Å²) in [5.74, 6) is -0.458. The van der Waals surface area contributed by atoms with E-state index in [1.54, 1.807) is 30.3 Å². The zero-order valence-corrected chi connectivity index (χ0v) is 16.9. The van der Waals surface area contributed by atoms with Crippen LogP contribution < -0.4 is 14.9 Å². The summed E-state index contributed by atoms with van der Waals surface area (Å²) < 4.78 is 15.6. The number of furan rings is 1. The standard InChI is InChI=1S/C23H18N4O5/c1-30-21-12-15(9-10-19(21)32-23(29)20-8-5-11-31-20)14-24-27-22(28)18-13-17(25-26-18)16-6-3-2-4-7-16/h2-14H,1H3,(H,25,26)(H,27,28). The van der Waals surface area contributed by atoms with Gasteiger partial charge in [0.1, 0.15) is 5.69 Å². The maximum atomic E-state index is 12.3. The van der Waals surface area contributed by atoms with Gasteiger partial charge in [-0.05, 0) is 42.0 Å². The summed E-state index contributed by atoms with van der Waals surface area (Å²) in [6.07, 6.45) is 2.82. The van der Waals surface area contributed by atoms with Crippen LogP contribution in [0.4, 0.5) is 0 Å². The second-order valence-corrected chi connectivity index (χ2v) is 6.51. The minimum atomic E-state index is -0.642. The van der Waals surface area contributed by atoms with Crippen LogP contribution in [0, 0.1) is 0 Å². The second kappa shape index (κ2) is 9.43. The fourth-order valence-electron chi connectivity index (χ4n) is 2.81. The molecule has 1 amide bonds. The van der Waals surface area contributed by atoms with Gasteiger partial charge in [-0.2, -0.15) is 10.2 Å². The van der Waals surface area contributed by atoms with E-state index in [4.69, 9.17) is 13.9 Å². The number of rotatable bonds is 7. The number of amides is 1. The Morgan fingerprint density at radius 1 is 1.06 bits per heavy atom. The third-order valence-corrected chi connectivity index (χ3v) is 4.38. The van der Waals surface area contributed by atoms with Gasteiger partial charge in [0.25, 0.3) is 5.91 Å². The fourth-order valence-corrected chi connectivity index (χ4v) is 2.81. The van der Waals surface area contributed by atoms with Crippen LogP contribution in [0.3, 0.4) is 0 Å². The summed E-state index contributed by atoms with van der Waals surface area (Å²) in [5.41, 5.74) is 4.88. The minimum absolute atomic E-state index is 0.0784. The summed E-state index contributed by atoms with van der Waals surface area (Å²) in [5, 5.41) is 10.8. The van der Waals surface area contributed by atoms with Crippen molar-refractivity contribution in [3.05, 3.63) is 90.0 Å². The Morgan fingerprint density at radius 3 is 2.66 bits per heavy atom. The number of hydrazone groups is 1. The molecule has 9 nitrogen and oxygen atoms in total. The Hall–Kier alpha value is -4.66. The zero-order valence-electron chi connectivity index (χ0n) is 16.9. The van der Waals surface area contributed by atoms with Crippen LogP contribution in [0.25, 0.3) is 11.3 Å². The molecule has 9 heteroatoms. The Labute approximate surface area is 182 Å². The van der Waals surface area contributed by atoms with Gasteiger partial charge >= 0.3 is 5.97 Å². The highest BCUT2D eigenvalue weighted by atomic mass is 16.6. The lowest BCUT2D eigenvalue weighted by molar-refractivity contribution is 0.0696. The molecule has 0 unspecified atom stereocenters. The fraction of sp³-hybridized carbons (Fsp3) is 0.0435. The van der Waals surface area contributed by atoms with E-state index >= 15 is 0 Å². The molecule has 0 aliphatic carbocycles. The molecule has 2 aromatic heterocycles. The molecule has 0 aliphatic rings. The number of carbonyl (C=O) groups excluding carboxylic acids is 2. The summed E-state index contributed by atoms with van der Waals surface area (Å²) >= 11 is 0. The SMILES string of the molecule is COc1cc(C=NNC(=O)c2cc(-c3ccccc3)n[nH]2)ccc1OC(=O)c1ccco1. The molecule has 160 valence electrons. The zero-order chi connectivity index (χ0) is 22.3. The van der Waals surface area contributed by atoms with Crippen molar-refractivity contribution in [2.24, 2.45) is 5.10 Å². The maximum Gasteiger partial charge on any atom is 0.379 e. The van der Waals surface area contributed by atoms with E-state index in [-0.39, 0.29) is 17.2 Å². The van der Waals surface area contributed by atoms with Gasteiger partial charge in [0.05, 0.1) is 25.3 Å². The highest BCUT2D eigenvalue weighted by Crippen LogP contribution is 2.28. The average Bonchev–Trinajstić information content (AvgIpc) is 3.53. The third kappa shape index (κ3) is 4.73.